The standard InChI is InChI=1S/C13H25NO/c1-10(2)14-9-13(4-5-15-3)7-11-6-12(11)8-13/h10-12,14H,4-9H2,1-3H3. The number of nitrogens with one attached hydrogen (secondary N) is 1. The largest absolute Gasteiger partial charge is 0.385 e. The maximum atomic E-state index is 5.26. The molecule has 2 rings (SSSR count). The number of rotatable bonds is 6. The van der Waals surface area contributed by atoms with Gasteiger partial charge in [-0.2, -0.15) is 0 Å². The molecule has 1 N–H and O–H groups in total. The van der Waals surface area contributed by atoms with Crippen LogP contribution in [0.2, 0.25) is 0 Å². The molecule has 88 valence electrons. The molecule has 0 saturated heterocycles. The van der Waals surface area contributed by atoms with Crippen LogP contribution in [0, 0.1) is 17.3 Å². The summed E-state index contributed by atoms with van der Waals surface area (Å²) < 4.78 is 5.26. The highest BCUT2D eigenvalue weighted by molar-refractivity contribution is 5.04. The second-order valence-corrected chi connectivity index (χ2v) is 5.94. The second-order valence-electron chi connectivity index (χ2n) is 5.94. The lowest BCUT2D eigenvalue weighted by molar-refractivity contribution is 0.125. The molecular weight excluding hydrogens is 186 g/mol. The van der Waals surface area contributed by atoms with Crippen LogP contribution < -0.4 is 5.32 Å². The highest BCUT2D eigenvalue weighted by atomic mass is 16.5. The first-order valence-corrected chi connectivity index (χ1v) is 6.37. The van der Waals surface area contributed by atoms with Crippen molar-refractivity contribution >= 4 is 0 Å². The van der Waals surface area contributed by atoms with E-state index in [9.17, 15) is 0 Å². The van der Waals surface area contributed by atoms with Gasteiger partial charge in [-0.25, -0.2) is 0 Å². The van der Waals surface area contributed by atoms with Crippen LogP contribution in [0.1, 0.15) is 39.5 Å². The molecule has 0 aromatic rings. The minimum atomic E-state index is 0.563. The molecule has 2 saturated carbocycles. The maximum Gasteiger partial charge on any atom is 0.0468 e. The van der Waals surface area contributed by atoms with Gasteiger partial charge in [-0.15, -0.1) is 0 Å². The molecule has 0 heterocycles. The molecule has 0 amide bonds. The van der Waals surface area contributed by atoms with Gasteiger partial charge in [0, 0.05) is 26.3 Å². The van der Waals surface area contributed by atoms with E-state index in [2.05, 4.69) is 19.2 Å². The molecule has 2 unspecified atom stereocenters. The third-order valence-electron chi connectivity index (χ3n) is 4.18. The van der Waals surface area contributed by atoms with Crippen LogP contribution in [0.25, 0.3) is 0 Å². The van der Waals surface area contributed by atoms with Crippen LogP contribution in [0.3, 0.4) is 0 Å². The predicted molar refractivity (Wildman–Crippen MR) is 62.9 cm³/mol. The van der Waals surface area contributed by atoms with E-state index in [1.807, 2.05) is 7.11 Å². The van der Waals surface area contributed by atoms with Crippen molar-refractivity contribution in [2.75, 3.05) is 20.3 Å². The molecule has 2 nitrogen and oxygen atoms in total. The molecule has 2 fully saturated rings. The van der Waals surface area contributed by atoms with Gasteiger partial charge < -0.3 is 10.1 Å². The number of hydrogen-bond acceptors (Lipinski definition) is 2. The zero-order chi connectivity index (χ0) is 10.9. The van der Waals surface area contributed by atoms with Gasteiger partial charge in [0.05, 0.1) is 0 Å². The van der Waals surface area contributed by atoms with Crippen LogP contribution in [0.5, 0.6) is 0 Å². The van der Waals surface area contributed by atoms with Gasteiger partial charge in [0.15, 0.2) is 0 Å². The predicted octanol–water partition coefficient (Wildman–Crippen LogP) is 2.44. The molecule has 0 radical (unpaired) electrons. The van der Waals surface area contributed by atoms with E-state index >= 15 is 0 Å². The van der Waals surface area contributed by atoms with Gasteiger partial charge in [0.1, 0.15) is 0 Å². The lowest BCUT2D eigenvalue weighted by atomic mass is 9.79. The van der Waals surface area contributed by atoms with Crippen LogP contribution in [-0.2, 0) is 4.74 Å². The lowest BCUT2D eigenvalue weighted by Crippen LogP contribution is -2.37. The average Bonchev–Trinajstić information content (AvgIpc) is 2.82. The highest BCUT2D eigenvalue weighted by Crippen LogP contribution is 2.60. The Morgan fingerprint density at radius 2 is 2.00 bits per heavy atom. The van der Waals surface area contributed by atoms with Crippen molar-refractivity contribution in [3.63, 3.8) is 0 Å². The summed E-state index contributed by atoms with van der Waals surface area (Å²) in [7, 11) is 1.82. The summed E-state index contributed by atoms with van der Waals surface area (Å²) in [5.41, 5.74) is 0.563. The molecule has 0 aromatic carbocycles. The van der Waals surface area contributed by atoms with E-state index in [1.54, 1.807) is 0 Å². The summed E-state index contributed by atoms with van der Waals surface area (Å²) in [5, 5.41) is 3.62. The molecule has 2 aliphatic carbocycles. The Labute approximate surface area is 93.8 Å². The Morgan fingerprint density at radius 3 is 2.53 bits per heavy atom. The van der Waals surface area contributed by atoms with E-state index < -0.39 is 0 Å². The SMILES string of the molecule is COCCC1(CNC(C)C)CC2CC2C1. The topological polar surface area (TPSA) is 21.3 Å². The van der Waals surface area contributed by atoms with Crippen LogP contribution in [0.15, 0.2) is 0 Å². The van der Waals surface area contributed by atoms with Crippen LogP contribution in [-0.4, -0.2) is 26.3 Å². The first-order valence-electron chi connectivity index (χ1n) is 6.37. The molecule has 2 aliphatic rings. The molecule has 0 aromatic heterocycles. The summed E-state index contributed by atoms with van der Waals surface area (Å²) in [6, 6.07) is 0.612. The van der Waals surface area contributed by atoms with E-state index in [4.69, 9.17) is 4.74 Å². The number of ether oxygens (including phenoxy) is 1. The fourth-order valence-corrected chi connectivity index (χ4v) is 3.18. The lowest BCUT2D eigenvalue weighted by Gasteiger charge is -2.32. The van der Waals surface area contributed by atoms with E-state index in [1.165, 1.54) is 32.2 Å². The summed E-state index contributed by atoms with van der Waals surface area (Å²) in [6.45, 7) is 6.60. The first kappa shape index (κ1) is 11.4. The van der Waals surface area contributed by atoms with Crippen molar-refractivity contribution in [3.05, 3.63) is 0 Å². The Balaban J connectivity index is 1.84. The summed E-state index contributed by atoms with van der Waals surface area (Å²) >= 11 is 0. The van der Waals surface area contributed by atoms with E-state index in [0.29, 0.717) is 11.5 Å². The molecule has 2 heteroatoms. The minimum Gasteiger partial charge on any atom is -0.385 e. The van der Waals surface area contributed by atoms with Crippen molar-refractivity contribution in [3.8, 4) is 0 Å². The number of fused-ring (bicyclic) bond motifs is 1. The van der Waals surface area contributed by atoms with Crippen molar-refractivity contribution in [2.24, 2.45) is 17.3 Å². The third kappa shape index (κ3) is 2.73. The molecule has 15 heavy (non-hydrogen) atoms. The van der Waals surface area contributed by atoms with Crippen molar-refractivity contribution in [1.82, 2.24) is 5.32 Å². The summed E-state index contributed by atoms with van der Waals surface area (Å²) in [6.07, 6.45) is 5.65. The number of hydrogen-bond donors (Lipinski definition) is 1. The fraction of sp³-hybridized carbons (Fsp3) is 1.00. The average molecular weight is 211 g/mol. The van der Waals surface area contributed by atoms with Gasteiger partial charge >= 0.3 is 0 Å². The highest BCUT2D eigenvalue weighted by Gasteiger charge is 2.53. The van der Waals surface area contributed by atoms with Gasteiger partial charge in [0.25, 0.3) is 0 Å². The number of methoxy groups -OCH3 is 1. The zero-order valence-corrected chi connectivity index (χ0v) is 10.4. The Bertz CT molecular complexity index is 205. The van der Waals surface area contributed by atoms with E-state index in [-0.39, 0.29) is 0 Å². The van der Waals surface area contributed by atoms with Gasteiger partial charge in [0.2, 0.25) is 0 Å². The normalized spacial score (nSPS) is 38.4. The van der Waals surface area contributed by atoms with Crippen molar-refractivity contribution in [1.29, 1.82) is 0 Å². The van der Waals surface area contributed by atoms with Gasteiger partial charge in [-0.05, 0) is 42.9 Å². The Morgan fingerprint density at radius 1 is 1.33 bits per heavy atom. The molecule has 2 atom stereocenters. The first-order chi connectivity index (χ1) is 7.15. The van der Waals surface area contributed by atoms with E-state index in [0.717, 1.165) is 18.4 Å². The monoisotopic (exact) mass is 211 g/mol. The Kier molecular flexibility index (Phi) is 3.36. The summed E-state index contributed by atoms with van der Waals surface area (Å²) in [5.74, 6) is 2.13. The third-order valence-corrected chi connectivity index (χ3v) is 4.18. The molecule has 0 aliphatic heterocycles. The zero-order valence-electron chi connectivity index (χ0n) is 10.4. The smallest absolute Gasteiger partial charge is 0.0468 e. The molecule has 0 spiro atoms. The van der Waals surface area contributed by atoms with Crippen molar-refractivity contribution < 1.29 is 4.74 Å². The van der Waals surface area contributed by atoms with Crippen molar-refractivity contribution in [2.45, 2.75) is 45.6 Å². The second kappa shape index (κ2) is 4.42. The minimum absolute atomic E-state index is 0.563. The molecular formula is C13H25NO. The Hall–Kier alpha value is -0.0800. The fourth-order valence-electron chi connectivity index (χ4n) is 3.18. The van der Waals surface area contributed by atoms with Gasteiger partial charge in [-0.1, -0.05) is 13.8 Å². The van der Waals surface area contributed by atoms with Crippen LogP contribution >= 0.6 is 0 Å². The maximum absolute atomic E-state index is 5.26. The molecule has 0 bridgehead atoms. The quantitative estimate of drug-likeness (QED) is 0.728. The van der Waals surface area contributed by atoms with Gasteiger partial charge in [-0.3, -0.25) is 0 Å². The van der Waals surface area contributed by atoms with Crippen LogP contribution in [0.4, 0.5) is 0 Å². The summed E-state index contributed by atoms with van der Waals surface area (Å²) in [4.78, 5) is 0.